The Morgan fingerprint density at radius 2 is 1.92 bits per heavy atom. The average molecular weight is 449 g/mol. The zero-order valence-electron chi connectivity index (χ0n) is 14.6. The summed E-state index contributed by atoms with van der Waals surface area (Å²) in [4.78, 5) is 4.58. The van der Waals surface area contributed by atoms with Crippen molar-refractivity contribution in [1.29, 1.82) is 0 Å². The van der Waals surface area contributed by atoms with E-state index in [9.17, 15) is 4.39 Å². The summed E-state index contributed by atoms with van der Waals surface area (Å²) in [6.07, 6.45) is 3.61. The number of hydrogen-bond acceptors (Lipinski definition) is 2. The number of nitrogens with zero attached hydrogens (tertiary/aromatic N) is 1. The molecule has 0 amide bonds. The maximum absolute atomic E-state index is 12.9. The van der Waals surface area contributed by atoms with Crippen molar-refractivity contribution in [3.63, 3.8) is 0 Å². The van der Waals surface area contributed by atoms with E-state index in [1.54, 1.807) is 12.1 Å². The number of rotatable bonds is 9. The summed E-state index contributed by atoms with van der Waals surface area (Å²) in [5.41, 5.74) is 1.38. The molecule has 0 aliphatic heterocycles. The third kappa shape index (κ3) is 7.34. The minimum atomic E-state index is -0.215. The number of halogens is 2. The van der Waals surface area contributed by atoms with Gasteiger partial charge in [0, 0.05) is 26.3 Å². The van der Waals surface area contributed by atoms with Crippen LogP contribution in [0.15, 0.2) is 29.3 Å². The molecule has 0 saturated heterocycles. The van der Waals surface area contributed by atoms with Gasteiger partial charge < -0.3 is 15.4 Å². The summed E-state index contributed by atoms with van der Waals surface area (Å²) in [6, 6.07) is 6.48. The number of benzene rings is 1. The first-order valence-electron chi connectivity index (χ1n) is 8.52. The fourth-order valence-corrected chi connectivity index (χ4v) is 2.50. The number of nitrogens with one attached hydrogen (secondary N) is 2. The van der Waals surface area contributed by atoms with Gasteiger partial charge in [0.2, 0.25) is 0 Å². The molecule has 1 saturated carbocycles. The summed E-state index contributed by atoms with van der Waals surface area (Å²) in [5, 5.41) is 6.71. The highest BCUT2D eigenvalue weighted by Crippen LogP contribution is 2.48. The Kier molecular flexibility index (Phi) is 9.58. The fourth-order valence-electron chi connectivity index (χ4n) is 2.50. The zero-order chi connectivity index (χ0) is 16.5. The van der Waals surface area contributed by atoms with Crippen molar-refractivity contribution in [2.75, 3.05) is 26.3 Å². The zero-order valence-corrected chi connectivity index (χ0v) is 16.9. The minimum absolute atomic E-state index is 0. The molecule has 1 aromatic rings. The van der Waals surface area contributed by atoms with Crippen molar-refractivity contribution in [2.45, 2.75) is 39.7 Å². The molecule has 2 N–H and O–H groups in total. The Hall–Kier alpha value is -0.890. The van der Waals surface area contributed by atoms with Crippen molar-refractivity contribution >= 4 is 29.9 Å². The van der Waals surface area contributed by atoms with Gasteiger partial charge >= 0.3 is 0 Å². The molecule has 0 heterocycles. The number of ether oxygens (including phenoxy) is 1. The molecular weight excluding hydrogens is 420 g/mol. The molecule has 0 radical (unpaired) electrons. The highest BCUT2D eigenvalue weighted by Gasteiger charge is 2.41. The van der Waals surface area contributed by atoms with Gasteiger partial charge in [-0.25, -0.2) is 9.38 Å². The van der Waals surface area contributed by atoms with E-state index in [0.29, 0.717) is 12.0 Å². The standard InChI is InChI=1S/C18H28FN3O.HI/c1-3-20-17(21-13-15-5-7-16(19)8-6-15)22-14-18(9-10-18)11-12-23-4-2;/h5-8H,3-4,9-14H2,1-2H3,(H2,20,21,22);1H. The molecule has 24 heavy (non-hydrogen) atoms. The third-order valence-electron chi connectivity index (χ3n) is 4.25. The van der Waals surface area contributed by atoms with E-state index < -0.39 is 0 Å². The van der Waals surface area contributed by atoms with E-state index in [-0.39, 0.29) is 29.8 Å². The van der Waals surface area contributed by atoms with Gasteiger partial charge in [0.05, 0.1) is 6.54 Å². The van der Waals surface area contributed by atoms with Gasteiger partial charge in [-0.05, 0) is 56.2 Å². The first-order chi connectivity index (χ1) is 11.2. The van der Waals surface area contributed by atoms with Crippen molar-refractivity contribution in [2.24, 2.45) is 10.4 Å². The van der Waals surface area contributed by atoms with Gasteiger partial charge in [-0.1, -0.05) is 12.1 Å². The fraction of sp³-hybridized carbons (Fsp3) is 0.611. The number of aliphatic imine (C=N–C) groups is 1. The molecule has 0 unspecified atom stereocenters. The molecule has 1 aliphatic rings. The van der Waals surface area contributed by atoms with Gasteiger partial charge in [0.1, 0.15) is 5.82 Å². The van der Waals surface area contributed by atoms with Crippen LogP contribution in [0.1, 0.15) is 38.7 Å². The van der Waals surface area contributed by atoms with E-state index in [1.165, 1.54) is 25.0 Å². The molecule has 0 bridgehead atoms. The van der Waals surface area contributed by atoms with Crippen LogP contribution < -0.4 is 10.6 Å². The maximum atomic E-state index is 12.9. The molecule has 1 aliphatic carbocycles. The van der Waals surface area contributed by atoms with E-state index in [0.717, 1.165) is 44.2 Å². The van der Waals surface area contributed by atoms with Crippen molar-refractivity contribution in [3.8, 4) is 0 Å². The van der Waals surface area contributed by atoms with E-state index >= 15 is 0 Å². The lowest BCUT2D eigenvalue weighted by molar-refractivity contribution is 0.128. The van der Waals surface area contributed by atoms with Crippen LogP contribution >= 0.6 is 24.0 Å². The lowest BCUT2D eigenvalue weighted by atomic mass is 10.0. The van der Waals surface area contributed by atoms with E-state index in [1.807, 2.05) is 6.92 Å². The average Bonchev–Trinajstić information content (AvgIpc) is 3.32. The minimum Gasteiger partial charge on any atom is -0.382 e. The van der Waals surface area contributed by atoms with Gasteiger partial charge in [0.15, 0.2) is 5.96 Å². The Bertz CT molecular complexity index is 503. The van der Waals surface area contributed by atoms with Crippen LogP contribution in [0.25, 0.3) is 0 Å². The smallest absolute Gasteiger partial charge is 0.191 e. The molecule has 1 aromatic carbocycles. The quantitative estimate of drug-likeness (QED) is 0.262. The Morgan fingerprint density at radius 3 is 2.50 bits per heavy atom. The maximum Gasteiger partial charge on any atom is 0.191 e. The lowest BCUT2D eigenvalue weighted by Crippen LogP contribution is -2.40. The largest absolute Gasteiger partial charge is 0.382 e. The molecule has 0 atom stereocenters. The summed E-state index contributed by atoms with van der Waals surface area (Å²) >= 11 is 0. The van der Waals surface area contributed by atoms with Crippen LogP contribution in [0.3, 0.4) is 0 Å². The second kappa shape index (κ2) is 10.9. The normalized spacial score (nSPS) is 15.5. The molecule has 0 aromatic heterocycles. The summed E-state index contributed by atoms with van der Waals surface area (Å²) in [7, 11) is 0. The Labute approximate surface area is 161 Å². The second-order valence-corrected chi connectivity index (χ2v) is 6.12. The molecular formula is C18H29FIN3O. The topological polar surface area (TPSA) is 45.7 Å². The number of guanidine groups is 1. The summed E-state index contributed by atoms with van der Waals surface area (Å²) in [5.74, 6) is 0.604. The van der Waals surface area contributed by atoms with Crippen LogP contribution in [-0.4, -0.2) is 32.3 Å². The lowest BCUT2D eigenvalue weighted by Gasteiger charge is -2.18. The SMILES string of the molecule is CCNC(=NCc1ccc(F)cc1)NCC1(CCOCC)CC1.I. The Balaban J connectivity index is 0.00000288. The van der Waals surface area contributed by atoms with Crippen LogP contribution in [0.2, 0.25) is 0 Å². The highest BCUT2D eigenvalue weighted by atomic mass is 127. The molecule has 0 spiro atoms. The first kappa shape index (κ1) is 21.2. The number of hydrogen-bond donors (Lipinski definition) is 2. The molecule has 136 valence electrons. The van der Waals surface area contributed by atoms with Crippen LogP contribution in [0.5, 0.6) is 0 Å². The van der Waals surface area contributed by atoms with Crippen molar-refractivity contribution in [1.82, 2.24) is 10.6 Å². The monoisotopic (exact) mass is 449 g/mol. The van der Waals surface area contributed by atoms with E-state index in [2.05, 4.69) is 22.5 Å². The molecule has 4 nitrogen and oxygen atoms in total. The second-order valence-electron chi connectivity index (χ2n) is 6.12. The van der Waals surface area contributed by atoms with Gasteiger partial charge in [-0.2, -0.15) is 0 Å². The van der Waals surface area contributed by atoms with Gasteiger partial charge in [0.25, 0.3) is 0 Å². The van der Waals surface area contributed by atoms with Gasteiger partial charge in [-0.3, -0.25) is 0 Å². The first-order valence-corrected chi connectivity index (χ1v) is 8.52. The predicted octanol–water partition coefficient (Wildman–Crippen LogP) is 3.71. The van der Waals surface area contributed by atoms with Crippen LogP contribution in [0.4, 0.5) is 4.39 Å². The van der Waals surface area contributed by atoms with Crippen molar-refractivity contribution < 1.29 is 9.13 Å². The predicted molar refractivity (Wildman–Crippen MR) is 107 cm³/mol. The summed E-state index contributed by atoms with van der Waals surface area (Å²) in [6.45, 7) is 7.99. The molecule has 2 rings (SSSR count). The Morgan fingerprint density at radius 1 is 1.21 bits per heavy atom. The van der Waals surface area contributed by atoms with Crippen LogP contribution in [0, 0.1) is 11.2 Å². The third-order valence-corrected chi connectivity index (χ3v) is 4.25. The highest BCUT2D eigenvalue weighted by molar-refractivity contribution is 14.0. The molecule has 1 fully saturated rings. The van der Waals surface area contributed by atoms with Crippen molar-refractivity contribution in [3.05, 3.63) is 35.6 Å². The molecule has 6 heteroatoms. The summed E-state index contributed by atoms with van der Waals surface area (Å²) < 4.78 is 18.4. The van der Waals surface area contributed by atoms with E-state index in [4.69, 9.17) is 4.74 Å². The van der Waals surface area contributed by atoms with Crippen LogP contribution in [-0.2, 0) is 11.3 Å². The van der Waals surface area contributed by atoms with Gasteiger partial charge in [-0.15, -0.1) is 24.0 Å².